The van der Waals surface area contributed by atoms with Crippen molar-refractivity contribution in [2.45, 2.75) is 44.4 Å². The van der Waals surface area contributed by atoms with E-state index >= 15 is 0 Å². The van der Waals surface area contributed by atoms with Gasteiger partial charge in [-0.25, -0.2) is 29.1 Å². The van der Waals surface area contributed by atoms with Gasteiger partial charge < -0.3 is 19.3 Å². The quantitative estimate of drug-likeness (QED) is 0.133. The molecule has 49 heavy (non-hydrogen) atoms. The highest BCUT2D eigenvalue weighted by Gasteiger charge is 2.28. The molecular weight excluding hydrogens is 687 g/mol. The molecule has 0 spiro atoms. The fourth-order valence-electron chi connectivity index (χ4n) is 5.70. The molecule has 0 radical (unpaired) electrons. The molecule has 2 aliphatic rings. The highest BCUT2D eigenvalue weighted by molar-refractivity contribution is 7.98. The molecule has 0 amide bonds. The molecule has 0 saturated carbocycles. The second kappa shape index (κ2) is 14.1. The molecule has 248 valence electrons. The van der Waals surface area contributed by atoms with Crippen molar-refractivity contribution < 1.29 is 28.5 Å². The van der Waals surface area contributed by atoms with Crippen molar-refractivity contribution in [1.29, 1.82) is 0 Å². The molecule has 13 heteroatoms. The number of nitrogens with zero attached hydrogens (tertiary/aromatic N) is 4. The third-order valence-electron chi connectivity index (χ3n) is 8.13. The van der Waals surface area contributed by atoms with Crippen LogP contribution >= 0.6 is 34.7 Å². The zero-order chi connectivity index (χ0) is 34.1. The molecule has 2 aliphatic heterocycles. The maximum atomic E-state index is 14.0. The lowest BCUT2D eigenvalue weighted by Gasteiger charge is -2.20. The number of hydrogen-bond acceptors (Lipinski definition) is 10. The first-order valence-electron chi connectivity index (χ1n) is 15.2. The minimum atomic E-state index is -1.35. The van der Waals surface area contributed by atoms with Gasteiger partial charge in [-0.05, 0) is 76.9 Å². The van der Waals surface area contributed by atoms with E-state index in [0.717, 1.165) is 32.7 Å². The Morgan fingerprint density at radius 2 is 1.92 bits per heavy atom. The Hall–Kier alpha value is -4.62. The number of thiophene rings is 1. The predicted octanol–water partition coefficient (Wildman–Crippen LogP) is 8.32. The second-order valence-corrected chi connectivity index (χ2v) is 13.4. The standard InChI is InChI=1S/C36H28ClFN4O5S2/c1-19-26-9-6-22(31(19)37)16-45-15-20-3-10-27(46-17-25-11-12-39-36(42-25)48-2)23(13-20)14-28(35(43)44)47-33-30-29(26)32(49-34(30)41-18-40-33)21-4-7-24(38)8-5-21/h3-13,18,28H,14-17H2,1-2H3,(H,43,44)/t28-/m1/s1. The van der Waals surface area contributed by atoms with Gasteiger partial charge in [0.25, 0.3) is 0 Å². The van der Waals surface area contributed by atoms with Crippen molar-refractivity contribution in [3.63, 3.8) is 0 Å². The van der Waals surface area contributed by atoms with Crippen molar-refractivity contribution in [3.05, 3.63) is 112 Å². The molecular formula is C36H28ClFN4O5S2. The van der Waals surface area contributed by atoms with Crippen LogP contribution in [0.3, 0.4) is 0 Å². The number of fused-ring (bicyclic) bond motifs is 6. The minimum Gasteiger partial charge on any atom is -0.487 e. The molecule has 0 unspecified atom stereocenters. The van der Waals surface area contributed by atoms with E-state index in [1.54, 1.807) is 30.5 Å². The van der Waals surface area contributed by atoms with Gasteiger partial charge in [0.2, 0.25) is 12.0 Å². The summed E-state index contributed by atoms with van der Waals surface area (Å²) in [7, 11) is 0. The van der Waals surface area contributed by atoms with Crippen molar-refractivity contribution in [2.24, 2.45) is 0 Å². The number of aliphatic carboxylic acids is 1. The van der Waals surface area contributed by atoms with Gasteiger partial charge in [-0.3, -0.25) is 0 Å². The fraction of sp³-hybridized carbons (Fsp3) is 0.194. The van der Waals surface area contributed by atoms with Gasteiger partial charge in [0.15, 0.2) is 5.16 Å². The smallest absolute Gasteiger partial charge is 0.345 e. The molecule has 0 aliphatic carbocycles. The summed E-state index contributed by atoms with van der Waals surface area (Å²) in [5.41, 5.74) is 5.97. The molecule has 4 bridgehead atoms. The lowest BCUT2D eigenvalue weighted by molar-refractivity contribution is -0.145. The van der Waals surface area contributed by atoms with E-state index in [0.29, 0.717) is 43.0 Å². The van der Waals surface area contributed by atoms with E-state index in [-0.39, 0.29) is 37.9 Å². The molecule has 0 fully saturated rings. The third-order valence-corrected chi connectivity index (χ3v) is 10.4. The Morgan fingerprint density at radius 1 is 1.08 bits per heavy atom. The van der Waals surface area contributed by atoms with Gasteiger partial charge in [0.1, 0.15) is 29.3 Å². The van der Waals surface area contributed by atoms with Gasteiger partial charge in [-0.15, -0.1) is 11.3 Å². The zero-order valence-corrected chi connectivity index (χ0v) is 28.7. The van der Waals surface area contributed by atoms with E-state index < -0.39 is 12.1 Å². The first-order chi connectivity index (χ1) is 23.8. The van der Waals surface area contributed by atoms with Gasteiger partial charge in [-0.2, -0.15) is 0 Å². The van der Waals surface area contributed by atoms with Crippen molar-refractivity contribution >= 4 is 50.9 Å². The number of carboxylic acids is 1. The Labute approximate surface area is 294 Å². The Morgan fingerprint density at radius 3 is 2.71 bits per heavy atom. The number of aromatic nitrogens is 4. The van der Waals surface area contributed by atoms with Crippen molar-refractivity contribution in [3.8, 4) is 33.2 Å². The summed E-state index contributed by atoms with van der Waals surface area (Å²) >= 11 is 9.78. The molecule has 1 atom stereocenters. The Bertz CT molecular complexity index is 2200. The van der Waals surface area contributed by atoms with Crippen LogP contribution in [0.2, 0.25) is 5.02 Å². The summed E-state index contributed by atoms with van der Waals surface area (Å²) in [5, 5.41) is 12.2. The average molecular weight is 715 g/mol. The van der Waals surface area contributed by atoms with Crippen LogP contribution in [0.5, 0.6) is 11.6 Å². The van der Waals surface area contributed by atoms with E-state index in [2.05, 4.69) is 19.9 Å². The molecule has 3 aromatic heterocycles. The Kier molecular flexibility index (Phi) is 9.46. The van der Waals surface area contributed by atoms with Crippen LogP contribution < -0.4 is 9.47 Å². The SMILES string of the molecule is CSc1nccc(COc2ccc3cc2C[C@H](C(=O)O)Oc2ncnc4sc(-c5ccc(F)cc5)c(c24)-c2ccc(c(Cl)c2C)COC3)n1. The topological polar surface area (TPSA) is 117 Å². The van der Waals surface area contributed by atoms with Crippen LogP contribution in [0, 0.1) is 12.7 Å². The minimum absolute atomic E-state index is 0.0350. The van der Waals surface area contributed by atoms with Gasteiger partial charge in [0.05, 0.1) is 24.3 Å². The predicted molar refractivity (Wildman–Crippen MR) is 187 cm³/mol. The number of hydrogen-bond donors (Lipinski definition) is 1. The zero-order valence-electron chi connectivity index (χ0n) is 26.3. The number of thioether (sulfide) groups is 1. The van der Waals surface area contributed by atoms with Crippen LogP contribution in [0.25, 0.3) is 31.8 Å². The van der Waals surface area contributed by atoms with E-state index in [1.807, 2.05) is 37.4 Å². The number of rotatable bonds is 6. The van der Waals surface area contributed by atoms with Crippen molar-refractivity contribution in [1.82, 2.24) is 19.9 Å². The lowest BCUT2D eigenvalue weighted by atomic mass is 9.94. The van der Waals surface area contributed by atoms with Gasteiger partial charge in [0, 0.05) is 28.1 Å². The number of benzene rings is 3. The fourth-order valence-corrected chi connectivity index (χ4v) is 7.45. The highest BCUT2D eigenvalue weighted by atomic mass is 35.5. The highest BCUT2D eigenvalue weighted by Crippen LogP contribution is 2.49. The van der Waals surface area contributed by atoms with Crippen LogP contribution in [0.4, 0.5) is 4.39 Å². The molecule has 8 rings (SSSR count). The summed E-state index contributed by atoms with van der Waals surface area (Å²) in [4.78, 5) is 31.9. The lowest BCUT2D eigenvalue weighted by Crippen LogP contribution is -2.30. The monoisotopic (exact) mass is 714 g/mol. The van der Waals surface area contributed by atoms with Crippen LogP contribution in [0.1, 0.15) is 27.9 Å². The number of carbonyl (C=O) groups is 1. The summed E-state index contributed by atoms with van der Waals surface area (Å²) in [6, 6.07) is 17.4. The largest absolute Gasteiger partial charge is 0.487 e. The van der Waals surface area contributed by atoms with Crippen LogP contribution in [-0.4, -0.2) is 43.4 Å². The maximum Gasteiger partial charge on any atom is 0.345 e. The average Bonchev–Trinajstić information content (AvgIpc) is 3.49. The molecule has 6 aromatic rings. The molecule has 0 saturated heterocycles. The molecule has 3 aromatic carbocycles. The van der Waals surface area contributed by atoms with Crippen LogP contribution in [0.15, 0.2) is 78.3 Å². The number of ether oxygens (including phenoxy) is 3. The molecule has 5 heterocycles. The molecule has 9 nitrogen and oxygen atoms in total. The first kappa shape index (κ1) is 32.9. The van der Waals surface area contributed by atoms with E-state index in [4.69, 9.17) is 25.8 Å². The van der Waals surface area contributed by atoms with Crippen molar-refractivity contribution in [2.75, 3.05) is 6.26 Å². The second-order valence-electron chi connectivity index (χ2n) is 11.3. The van der Waals surface area contributed by atoms with Gasteiger partial charge >= 0.3 is 5.97 Å². The van der Waals surface area contributed by atoms with Crippen LogP contribution in [-0.2, 0) is 35.8 Å². The van der Waals surface area contributed by atoms with E-state index in [9.17, 15) is 14.3 Å². The summed E-state index contributed by atoms with van der Waals surface area (Å²) < 4.78 is 32.6. The van der Waals surface area contributed by atoms with Gasteiger partial charge in [-0.1, -0.05) is 53.7 Å². The summed E-state index contributed by atoms with van der Waals surface area (Å²) in [5.74, 6) is -0.949. The number of carboxylic acid groups (broad SMARTS) is 1. The van der Waals surface area contributed by atoms with E-state index in [1.165, 1.54) is 41.6 Å². The number of halogens is 2. The maximum absolute atomic E-state index is 14.0. The first-order valence-corrected chi connectivity index (χ1v) is 17.6. The summed E-state index contributed by atoms with van der Waals surface area (Å²) in [6.07, 6.45) is 3.54. The molecule has 1 N–H and O–H groups in total. The Balaban J connectivity index is 1.36. The summed E-state index contributed by atoms with van der Waals surface area (Å²) in [6.45, 7) is 2.58. The third kappa shape index (κ3) is 6.82. The normalized spacial score (nSPS) is 14.5.